The molecule has 0 unspecified atom stereocenters. The van der Waals surface area contributed by atoms with Crippen molar-refractivity contribution in [3.8, 4) is 17.2 Å². The molecule has 0 heterocycles. The number of amides is 2. The Labute approximate surface area is 209 Å². The summed E-state index contributed by atoms with van der Waals surface area (Å²) in [5, 5.41) is 6.33. The number of nitrogens with one attached hydrogen (secondary N) is 2. The second-order valence-electron chi connectivity index (χ2n) is 7.71. The summed E-state index contributed by atoms with van der Waals surface area (Å²) in [4.78, 5) is 24.2. The van der Waals surface area contributed by atoms with Crippen molar-refractivity contribution in [1.82, 2.24) is 5.43 Å². The zero-order valence-electron chi connectivity index (χ0n) is 20.1. The summed E-state index contributed by atoms with van der Waals surface area (Å²) in [5.41, 5.74) is 4.07. The van der Waals surface area contributed by atoms with E-state index in [0.29, 0.717) is 35.1 Å². The second kappa shape index (κ2) is 13.5. The zero-order valence-corrected chi connectivity index (χ0v) is 20.1. The molecule has 3 aromatic carbocycles. The third kappa shape index (κ3) is 8.12. The lowest BCUT2D eigenvalue weighted by molar-refractivity contribution is -0.136. The molecule has 2 amide bonds. The van der Waals surface area contributed by atoms with E-state index in [1.807, 2.05) is 0 Å². The van der Waals surface area contributed by atoms with E-state index in [9.17, 15) is 14.0 Å². The number of anilines is 1. The topological polar surface area (TPSA) is 98.2 Å². The van der Waals surface area contributed by atoms with E-state index in [-0.39, 0.29) is 12.4 Å². The van der Waals surface area contributed by atoms with Crippen molar-refractivity contribution < 1.29 is 28.2 Å². The van der Waals surface area contributed by atoms with Crippen molar-refractivity contribution in [1.29, 1.82) is 0 Å². The SMILES string of the molecule is CCCCOc1ccc(NC(=O)C(=O)N/N=C\c2ccc(OCc3ccc(F)cc3)c(OC)c2)cc1. The summed E-state index contributed by atoms with van der Waals surface area (Å²) in [7, 11) is 1.50. The van der Waals surface area contributed by atoms with Crippen molar-refractivity contribution in [3.63, 3.8) is 0 Å². The maximum atomic E-state index is 13.0. The number of hydrazone groups is 1. The molecule has 0 aliphatic heterocycles. The molecule has 188 valence electrons. The quantitative estimate of drug-likeness (QED) is 0.175. The van der Waals surface area contributed by atoms with Gasteiger partial charge >= 0.3 is 11.8 Å². The third-order valence-electron chi connectivity index (χ3n) is 4.96. The second-order valence-corrected chi connectivity index (χ2v) is 7.71. The Morgan fingerprint density at radius 2 is 1.69 bits per heavy atom. The number of nitrogens with zero attached hydrogens (tertiary/aromatic N) is 1. The van der Waals surface area contributed by atoms with Gasteiger partial charge in [-0.05, 0) is 72.1 Å². The predicted octanol–water partition coefficient (Wildman–Crippen LogP) is 4.68. The van der Waals surface area contributed by atoms with Crippen LogP contribution < -0.4 is 25.0 Å². The molecule has 0 bridgehead atoms. The highest BCUT2D eigenvalue weighted by Gasteiger charge is 2.13. The third-order valence-corrected chi connectivity index (χ3v) is 4.96. The van der Waals surface area contributed by atoms with Gasteiger partial charge in [-0.1, -0.05) is 25.5 Å². The minimum atomic E-state index is -0.916. The number of methoxy groups -OCH3 is 1. The van der Waals surface area contributed by atoms with Gasteiger partial charge in [0.25, 0.3) is 0 Å². The molecule has 0 fully saturated rings. The van der Waals surface area contributed by atoms with Gasteiger partial charge in [0.05, 0.1) is 19.9 Å². The van der Waals surface area contributed by atoms with Crippen molar-refractivity contribution in [3.05, 3.63) is 83.7 Å². The van der Waals surface area contributed by atoms with Crippen molar-refractivity contribution in [2.24, 2.45) is 5.10 Å². The van der Waals surface area contributed by atoms with Crippen LogP contribution in [-0.4, -0.2) is 31.7 Å². The number of halogens is 1. The fourth-order valence-corrected chi connectivity index (χ4v) is 3.00. The summed E-state index contributed by atoms with van der Waals surface area (Å²) in [6.45, 7) is 2.95. The molecule has 0 aliphatic carbocycles. The fourth-order valence-electron chi connectivity index (χ4n) is 3.00. The molecule has 0 aromatic heterocycles. The van der Waals surface area contributed by atoms with Gasteiger partial charge in [-0.2, -0.15) is 5.10 Å². The molecule has 9 heteroatoms. The Hall–Kier alpha value is -4.40. The van der Waals surface area contributed by atoms with Gasteiger partial charge in [-0.25, -0.2) is 9.82 Å². The van der Waals surface area contributed by atoms with Crippen molar-refractivity contribution in [2.45, 2.75) is 26.4 Å². The highest BCUT2D eigenvalue weighted by molar-refractivity contribution is 6.39. The summed E-state index contributed by atoms with van der Waals surface area (Å²) < 4.78 is 29.7. The molecule has 3 rings (SSSR count). The van der Waals surface area contributed by atoms with Crippen LogP contribution in [0.2, 0.25) is 0 Å². The van der Waals surface area contributed by atoms with Crippen LogP contribution in [0.25, 0.3) is 0 Å². The first-order chi connectivity index (χ1) is 17.5. The van der Waals surface area contributed by atoms with Gasteiger partial charge in [-0.3, -0.25) is 9.59 Å². The van der Waals surface area contributed by atoms with E-state index in [0.717, 1.165) is 18.4 Å². The lowest BCUT2D eigenvalue weighted by Crippen LogP contribution is -2.32. The van der Waals surface area contributed by atoms with Crippen LogP contribution in [-0.2, 0) is 16.2 Å². The molecule has 0 atom stereocenters. The number of rotatable bonds is 11. The molecule has 0 saturated carbocycles. The van der Waals surface area contributed by atoms with Crippen molar-refractivity contribution in [2.75, 3.05) is 19.0 Å². The largest absolute Gasteiger partial charge is 0.494 e. The number of carbonyl (C=O) groups excluding carboxylic acids is 2. The summed E-state index contributed by atoms with van der Waals surface area (Å²) >= 11 is 0. The molecule has 0 spiro atoms. The normalized spacial score (nSPS) is 10.6. The Kier molecular flexibility index (Phi) is 9.81. The van der Waals surface area contributed by atoms with E-state index in [2.05, 4.69) is 22.8 Å². The van der Waals surface area contributed by atoms with Crippen molar-refractivity contribution >= 4 is 23.7 Å². The summed E-state index contributed by atoms with van der Waals surface area (Å²) in [5.74, 6) is -0.449. The Morgan fingerprint density at radius 3 is 2.39 bits per heavy atom. The predicted molar refractivity (Wildman–Crippen MR) is 135 cm³/mol. The number of carbonyl (C=O) groups is 2. The smallest absolute Gasteiger partial charge is 0.329 e. The van der Waals surface area contributed by atoms with Crippen LogP contribution in [0.15, 0.2) is 71.8 Å². The Morgan fingerprint density at radius 1 is 0.944 bits per heavy atom. The highest BCUT2D eigenvalue weighted by atomic mass is 19.1. The van der Waals surface area contributed by atoms with Gasteiger partial charge in [0, 0.05) is 5.69 Å². The van der Waals surface area contributed by atoms with E-state index in [1.165, 1.54) is 25.5 Å². The summed E-state index contributed by atoms with van der Waals surface area (Å²) in [6.07, 6.45) is 3.37. The van der Waals surface area contributed by atoms with Gasteiger partial charge in [0.15, 0.2) is 11.5 Å². The van der Waals surface area contributed by atoms with Crippen LogP contribution >= 0.6 is 0 Å². The molecular formula is C27H28FN3O5. The first kappa shape index (κ1) is 26.2. The molecule has 0 aliphatic rings. The Bertz CT molecular complexity index is 1180. The standard InChI is InChI=1S/C27H28FN3O5/c1-3-4-15-35-23-12-10-22(11-13-23)30-26(32)27(33)31-29-17-20-7-14-24(25(16-20)34-2)36-18-19-5-8-21(28)9-6-19/h5-14,16-17H,3-4,15,18H2,1-2H3,(H,30,32)(H,31,33)/b29-17-. The van der Waals surface area contributed by atoms with Gasteiger partial charge in [0.2, 0.25) is 0 Å². The van der Waals surface area contributed by atoms with E-state index < -0.39 is 11.8 Å². The average molecular weight is 494 g/mol. The Balaban J connectivity index is 1.49. The van der Waals surface area contributed by atoms with E-state index >= 15 is 0 Å². The first-order valence-electron chi connectivity index (χ1n) is 11.4. The van der Waals surface area contributed by atoms with Gasteiger partial charge in [0.1, 0.15) is 18.2 Å². The monoisotopic (exact) mass is 493 g/mol. The molecule has 0 radical (unpaired) electrons. The lowest BCUT2D eigenvalue weighted by atomic mass is 10.2. The minimum Gasteiger partial charge on any atom is -0.494 e. The zero-order chi connectivity index (χ0) is 25.8. The molecular weight excluding hydrogens is 465 g/mol. The van der Waals surface area contributed by atoms with Crippen LogP contribution in [0.3, 0.4) is 0 Å². The van der Waals surface area contributed by atoms with Gasteiger partial charge < -0.3 is 19.5 Å². The number of ether oxygens (including phenoxy) is 3. The number of hydrogen-bond donors (Lipinski definition) is 2. The molecule has 0 saturated heterocycles. The minimum absolute atomic E-state index is 0.240. The summed E-state index contributed by atoms with van der Waals surface area (Å²) in [6, 6.07) is 17.8. The van der Waals surface area contributed by atoms with Crippen LogP contribution in [0.4, 0.5) is 10.1 Å². The van der Waals surface area contributed by atoms with Gasteiger partial charge in [-0.15, -0.1) is 0 Å². The molecule has 8 nitrogen and oxygen atoms in total. The first-order valence-corrected chi connectivity index (χ1v) is 11.4. The fraction of sp³-hybridized carbons (Fsp3) is 0.222. The number of benzene rings is 3. The van der Waals surface area contributed by atoms with E-state index in [4.69, 9.17) is 14.2 Å². The number of hydrogen-bond acceptors (Lipinski definition) is 6. The lowest BCUT2D eigenvalue weighted by Gasteiger charge is -2.11. The van der Waals surface area contributed by atoms with Crippen LogP contribution in [0, 0.1) is 5.82 Å². The molecule has 2 N–H and O–H groups in total. The van der Waals surface area contributed by atoms with E-state index in [1.54, 1.807) is 54.6 Å². The number of unbranched alkanes of at least 4 members (excludes halogenated alkanes) is 1. The average Bonchev–Trinajstić information content (AvgIpc) is 2.89. The maximum Gasteiger partial charge on any atom is 0.329 e. The van der Waals surface area contributed by atoms with Crippen LogP contribution in [0.1, 0.15) is 30.9 Å². The molecule has 36 heavy (non-hydrogen) atoms. The maximum absolute atomic E-state index is 13.0. The van der Waals surface area contributed by atoms with Crippen LogP contribution in [0.5, 0.6) is 17.2 Å². The highest BCUT2D eigenvalue weighted by Crippen LogP contribution is 2.28. The molecule has 3 aromatic rings.